The van der Waals surface area contributed by atoms with Crippen LogP contribution in [0.1, 0.15) is 30.4 Å². The molecule has 1 aliphatic rings. The predicted molar refractivity (Wildman–Crippen MR) is 67.5 cm³/mol. The molecule has 0 amide bonds. The van der Waals surface area contributed by atoms with Crippen LogP contribution in [0.25, 0.3) is 0 Å². The third-order valence-electron chi connectivity index (χ3n) is 3.72. The van der Waals surface area contributed by atoms with Gasteiger partial charge < -0.3 is 5.73 Å². The van der Waals surface area contributed by atoms with E-state index in [4.69, 9.17) is 5.73 Å². The third-order valence-corrected chi connectivity index (χ3v) is 4.60. The summed E-state index contributed by atoms with van der Waals surface area (Å²) in [5.74, 6) is 0. The van der Waals surface area contributed by atoms with E-state index < -0.39 is 0 Å². The van der Waals surface area contributed by atoms with Gasteiger partial charge in [-0.1, -0.05) is 18.6 Å². The topological polar surface area (TPSA) is 26.0 Å². The molecular weight excluding hydrogens is 202 g/mol. The molecule has 0 aliphatic heterocycles. The highest BCUT2D eigenvalue weighted by Gasteiger charge is 2.37. The highest BCUT2D eigenvalue weighted by atomic mass is 32.2. The Morgan fingerprint density at radius 2 is 2.13 bits per heavy atom. The van der Waals surface area contributed by atoms with Crippen LogP contribution >= 0.6 is 11.8 Å². The Bertz CT molecular complexity index is 350. The molecule has 0 heterocycles. The lowest BCUT2D eigenvalue weighted by Gasteiger charge is -2.41. The second-order valence-corrected chi connectivity index (χ2v) is 5.37. The van der Waals surface area contributed by atoms with Crippen molar-refractivity contribution >= 4 is 11.8 Å². The fourth-order valence-electron chi connectivity index (χ4n) is 2.36. The molecule has 1 saturated carbocycles. The van der Waals surface area contributed by atoms with Gasteiger partial charge >= 0.3 is 0 Å². The van der Waals surface area contributed by atoms with Gasteiger partial charge in [0.1, 0.15) is 0 Å². The van der Waals surface area contributed by atoms with Crippen LogP contribution < -0.4 is 5.73 Å². The zero-order valence-corrected chi connectivity index (χ0v) is 10.4. The fourth-order valence-corrected chi connectivity index (χ4v) is 3.00. The highest BCUT2D eigenvalue weighted by Crippen LogP contribution is 2.43. The SMILES string of the molecule is CSc1cc(C2(CN)CCC2)ccc1C. The average Bonchev–Trinajstić information content (AvgIpc) is 2.19. The van der Waals surface area contributed by atoms with Crippen LogP contribution in [0.5, 0.6) is 0 Å². The summed E-state index contributed by atoms with van der Waals surface area (Å²) < 4.78 is 0. The lowest BCUT2D eigenvalue weighted by Crippen LogP contribution is -2.41. The molecule has 1 aromatic rings. The van der Waals surface area contributed by atoms with E-state index in [0.717, 1.165) is 6.54 Å². The van der Waals surface area contributed by atoms with Crippen LogP contribution in [-0.4, -0.2) is 12.8 Å². The summed E-state index contributed by atoms with van der Waals surface area (Å²) in [6.07, 6.45) is 6.00. The molecule has 0 bridgehead atoms. The summed E-state index contributed by atoms with van der Waals surface area (Å²) in [6.45, 7) is 2.97. The van der Waals surface area contributed by atoms with Crippen molar-refractivity contribution in [1.82, 2.24) is 0 Å². The number of aryl methyl sites for hydroxylation is 1. The van der Waals surface area contributed by atoms with E-state index in [1.54, 1.807) is 0 Å². The largest absolute Gasteiger partial charge is 0.330 e. The van der Waals surface area contributed by atoms with Crippen molar-refractivity contribution in [2.24, 2.45) is 5.73 Å². The minimum absolute atomic E-state index is 0.304. The molecule has 0 unspecified atom stereocenters. The average molecular weight is 221 g/mol. The normalized spacial score (nSPS) is 18.6. The molecule has 1 nitrogen and oxygen atoms in total. The fraction of sp³-hybridized carbons (Fsp3) is 0.538. The quantitative estimate of drug-likeness (QED) is 0.794. The number of hydrogen-bond acceptors (Lipinski definition) is 2. The van der Waals surface area contributed by atoms with E-state index in [2.05, 4.69) is 31.4 Å². The van der Waals surface area contributed by atoms with Gasteiger partial charge in [-0.3, -0.25) is 0 Å². The van der Waals surface area contributed by atoms with E-state index >= 15 is 0 Å². The van der Waals surface area contributed by atoms with Crippen molar-refractivity contribution in [3.8, 4) is 0 Å². The van der Waals surface area contributed by atoms with Gasteiger partial charge in [0, 0.05) is 16.9 Å². The molecule has 15 heavy (non-hydrogen) atoms. The number of hydrogen-bond donors (Lipinski definition) is 1. The molecule has 0 atom stereocenters. The van der Waals surface area contributed by atoms with E-state index in [1.165, 1.54) is 35.3 Å². The van der Waals surface area contributed by atoms with Crippen molar-refractivity contribution in [2.75, 3.05) is 12.8 Å². The van der Waals surface area contributed by atoms with E-state index in [1.807, 2.05) is 11.8 Å². The smallest absolute Gasteiger partial charge is 0.0101 e. The maximum Gasteiger partial charge on any atom is 0.0101 e. The summed E-state index contributed by atoms with van der Waals surface area (Å²) in [4.78, 5) is 1.40. The first-order valence-electron chi connectivity index (χ1n) is 5.57. The molecular formula is C13H19NS. The minimum Gasteiger partial charge on any atom is -0.330 e. The molecule has 0 radical (unpaired) electrons. The van der Waals surface area contributed by atoms with Crippen LogP contribution in [0.2, 0.25) is 0 Å². The maximum absolute atomic E-state index is 5.92. The Morgan fingerprint density at radius 1 is 1.40 bits per heavy atom. The Kier molecular flexibility index (Phi) is 3.08. The molecule has 1 aliphatic carbocycles. The van der Waals surface area contributed by atoms with Gasteiger partial charge in [-0.15, -0.1) is 11.8 Å². The van der Waals surface area contributed by atoms with Gasteiger partial charge in [-0.25, -0.2) is 0 Å². The van der Waals surface area contributed by atoms with Gasteiger partial charge in [0.15, 0.2) is 0 Å². The van der Waals surface area contributed by atoms with Crippen molar-refractivity contribution < 1.29 is 0 Å². The molecule has 82 valence electrons. The predicted octanol–water partition coefficient (Wildman–Crippen LogP) is 3.10. The Hall–Kier alpha value is -0.470. The van der Waals surface area contributed by atoms with Gasteiger partial charge in [0.05, 0.1) is 0 Å². The summed E-state index contributed by atoms with van der Waals surface area (Å²) in [5.41, 5.74) is 9.05. The summed E-state index contributed by atoms with van der Waals surface area (Å²) in [7, 11) is 0. The molecule has 0 spiro atoms. The van der Waals surface area contributed by atoms with Crippen LogP contribution in [0.15, 0.2) is 23.1 Å². The Balaban J connectivity index is 2.36. The zero-order valence-electron chi connectivity index (χ0n) is 9.55. The minimum atomic E-state index is 0.304. The third kappa shape index (κ3) is 1.81. The molecule has 0 aromatic heterocycles. The molecule has 2 rings (SSSR count). The molecule has 0 saturated heterocycles. The van der Waals surface area contributed by atoms with Crippen LogP contribution in [0, 0.1) is 6.92 Å². The van der Waals surface area contributed by atoms with Crippen LogP contribution in [0.3, 0.4) is 0 Å². The maximum atomic E-state index is 5.92. The van der Waals surface area contributed by atoms with Crippen molar-refractivity contribution in [3.63, 3.8) is 0 Å². The first-order chi connectivity index (χ1) is 7.22. The number of nitrogens with two attached hydrogens (primary N) is 1. The van der Waals surface area contributed by atoms with Gasteiger partial charge in [0.25, 0.3) is 0 Å². The Labute approximate surface area is 96.4 Å². The monoisotopic (exact) mass is 221 g/mol. The molecule has 1 aromatic carbocycles. The summed E-state index contributed by atoms with van der Waals surface area (Å²) in [6, 6.07) is 6.84. The van der Waals surface area contributed by atoms with E-state index in [0.29, 0.717) is 5.41 Å². The van der Waals surface area contributed by atoms with Crippen molar-refractivity contribution in [1.29, 1.82) is 0 Å². The first kappa shape index (κ1) is 11.0. The van der Waals surface area contributed by atoms with Gasteiger partial charge in [-0.05, 0) is 43.2 Å². The zero-order chi connectivity index (χ0) is 10.9. The van der Waals surface area contributed by atoms with Gasteiger partial charge in [0.2, 0.25) is 0 Å². The van der Waals surface area contributed by atoms with Crippen molar-refractivity contribution in [3.05, 3.63) is 29.3 Å². The second-order valence-electron chi connectivity index (χ2n) is 4.52. The van der Waals surface area contributed by atoms with Crippen LogP contribution in [0.4, 0.5) is 0 Å². The number of thioether (sulfide) groups is 1. The lowest BCUT2D eigenvalue weighted by molar-refractivity contribution is 0.252. The standard InChI is InChI=1S/C13H19NS/c1-10-4-5-11(8-12(10)15-2)13(9-14)6-3-7-13/h4-5,8H,3,6-7,9,14H2,1-2H3. The second kappa shape index (κ2) is 4.18. The molecule has 1 fully saturated rings. The molecule has 2 N–H and O–H groups in total. The summed E-state index contributed by atoms with van der Waals surface area (Å²) >= 11 is 1.83. The highest BCUT2D eigenvalue weighted by molar-refractivity contribution is 7.98. The lowest BCUT2D eigenvalue weighted by atomic mass is 9.64. The number of rotatable bonds is 3. The molecule has 2 heteroatoms. The van der Waals surface area contributed by atoms with Gasteiger partial charge in [-0.2, -0.15) is 0 Å². The number of benzene rings is 1. The van der Waals surface area contributed by atoms with Crippen molar-refractivity contribution in [2.45, 2.75) is 36.5 Å². The van der Waals surface area contributed by atoms with E-state index in [-0.39, 0.29) is 0 Å². The first-order valence-corrected chi connectivity index (χ1v) is 6.79. The Morgan fingerprint density at radius 3 is 2.60 bits per heavy atom. The van der Waals surface area contributed by atoms with Crippen LogP contribution in [-0.2, 0) is 5.41 Å². The summed E-state index contributed by atoms with van der Waals surface area (Å²) in [5, 5.41) is 0. The van der Waals surface area contributed by atoms with E-state index in [9.17, 15) is 0 Å².